The molecule has 0 saturated heterocycles. The van der Waals surface area contributed by atoms with Crippen molar-refractivity contribution in [2.45, 2.75) is 30.5 Å². The molecular formula is C17H24N2S. The topological polar surface area (TPSA) is 16.1 Å². The minimum Gasteiger partial charge on any atom is -0.305 e. The van der Waals surface area contributed by atoms with E-state index >= 15 is 0 Å². The summed E-state index contributed by atoms with van der Waals surface area (Å²) in [6.07, 6.45) is 3.64. The number of rotatable bonds is 4. The van der Waals surface area contributed by atoms with Gasteiger partial charge >= 0.3 is 0 Å². The summed E-state index contributed by atoms with van der Waals surface area (Å²) in [7, 11) is 4.11. The normalized spacial score (nSPS) is 10.3. The van der Waals surface area contributed by atoms with Gasteiger partial charge in [-0.3, -0.25) is 4.98 Å². The van der Waals surface area contributed by atoms with Crippen LogP contribution in [-0.4, -0.2) is 29.2 Å². The zero-order chi connectivity index (χ0) is 14.8. The monoisotopic (exact) mass is 288 g/mol. The molecule has 0 spiro atoms. The van der Waals surface area contributed by atoms with Crippen LogP contribution in [0.2, 0.25) is 0 Å². The minimum absolute atomic E-state index is 0.683. The Bertz CT molecular complexity index is 409. The van der Waals surface area contributed by atoms with Crippen molar-refractivity contribution in [3.63, 3.8) is 0 Å². The lowest BCUT2D eigenvalue weighted by Gasteiger charge is -2.07. The van der Waals surface area contributed by atoms with Crippen LogP contribution in [0.5, 0.6) is 0 Å². The van der Waals surface area contributed by atoms with Crippen molar-refractivity contribution in [3.8, 4) is 0 Å². The van der Waals surface area contributed by atoms with Crippen molar-refractivity contribution >= 4 is 11.8 Å². The Morgan fingerprint density at radius 1 is 1.00 bits per heavy atom. The molecule has 0 aliphatic rings. The van der Waals surface area contributed by atoms with Crippen LogP contribution in [0.15, 0.2) is 59.8 Å². The first-order valence-electron chi connectivity index (χ1n) is 6.83. The maximum atomic E-state index is 3.93. The molecule has 0 amide bonds. The molecule has 0 unspecified atom stereocenters. The van der Waals surface area contributed by atoms with Crippen molar-refractivity contribution in [1.29, 1.82) is 0 Å². The highest BCUT2D eigenvalue weighted by Gasteiger charge is 1.94. The summed E-state index contributed by atoms with van der Waals surface area (Å²) < 4.78 is 0. The molecule has 0 bridgehead atoms. The number of hydrogen-bond acceptors (Lipinski definition) is 3. The van der Waals surface area contributed by atoms with Gasteiger partial charge in [-0.1, -0.05) is 32.0 Å². The van der Waals surface area contributed by atoms with Gasteiger partial charge in [0.05, 0.1) is 0 Å². The van der Waals surface area contributed by atoms with E-state index in [1.54, 1.807) is 0 Å². The van der Waals surface area contributed by atoms with E-state index in [2.05, 4.69) is 62.1 Å². The van der Waals surface area contributed by atoms with Crippen molar-refractivity contribution in [2.24, 2.45) is 0 Å². The van der Waals surface area contributed by atoms with Crippen LogP contribution in [0.4, 0.5) is 0 Å². The standard InChI is InChI=1S/C9H12S.C8H12N2/c1-8(2)10-9-6-4-3-5-7-9;1-10(2)7-8-3-5-9-6-4-8/h3-8H,1-2H3;3-6H,7H2,1-2H3. The second kappa shape index (κ2) is 9.56. The van der Waals surface area contributed by atoms with Crippen LogP contribution in [-0.2, 0) is 6.54 Å². The van der Waals surface area contributed by atoms with Gasteiger partial charge in [0.25, 0.3) is 0 Å². The van der Waals surface area contributed by atoms with Crippen LogP contribution in [0.25, 0.3) is 0 Å². The van der Waals surface area contributed by atoms with Gasteiger partial charge in [0.2, 0.25) is 0 Å². The molecule has 1 aromatic heterocycles. The highest BCUT2D eigenvalue weighted by atomic mass is 32.2. The lowest BCUT2D eigenvalue weighted by Crippen LogP contribution is -2.10. The fourth-order valence-corrected chi connectivity index (χ4v) is 2.48. The highest BCUT2D eigenvalue weighted by molar-refractivity contribution is 7.99. The number of benzene rings is 1. The maximum Gasteiger partial charge on any atom is 0.0271 e. The number of nitrogens with zero attached hydrogens (tertiary/aromatic N) is 2. The Morgan fingerprint density at radius 2 is 1.60 bits per heavy atom. The first-order chi connectivity index (χ1) is 9.58. The summed E-state index contributed by atoms with van der Waals surface area (Å²) in [5, 5.41) is 0.683. The van der Waals surface area contributed by atoms with Crippen LogP contribution in [0.1, 0.15) is 19.4 Å². The molecule has 1 aromatic carbocycles. The molecule has 2 aromatic rings. The van der Waals surface area contributed by atoms with Crippen LogP contribution < -0.4 is 0 Å². The van der Waals surface area contributed by atoms with E-state index < -0.39 is 0 Å². The molecule has 2 nitrogen and oxygen atoms in total. The summed E-state index contributed by atoms with van der Waals surface area (Å²) in [5.74, 6) is 0. The quantitative estimate of drug-likeness (QED) is 0.779. The lowest BCUT2D eigenvalue weighted by atomic mass is 10.3. The molecule has 0 atom stereocenters. The molecule has 0 aliphatic heterocycles. The van der Waals surface area contributed by atoms with Crippen molar-refractivity contribution < 1.29 is 0 Å². The van der Waals surface area contributed by atoms with E-state index in [0.717, 1.165) is 6.54 Å². The van der Waals surface area contributed by atoms with Gasteiger partial charge < -0.3 is 4.90 Å². The average molecular weight is 288 g/mol. The van der Waals surface area contributed by atoms with E-state index in [1.165, 1.54) is 10.5 Å². The zero-order valence-electron chi connectivity index (χ0n) is 12.8. The van der Waals surface area contributed by atoms with Crippen molar-refractivity contribution in [3.05, 3.63) is 60.4 Å². The minimum atomic E-state index is 0.683. The lowest BCUT2D eigenvalue weighted by molar-refractivity contribution is 0.402. The Kier molecular flexibility index (Phi) is 8.00. The van der Waals surface area contributed by atoms with E-state index in [-0.39, 0.29) is 0 Å². The Morgan fingerprint density at radius 3 is 2.10 bits per heavy atom. The van der Waals surface area contributed by atoms with Gasteiger partial charge in [0, 0.05) is 29.1 Å². The van der Waals surface area contributed by atoms with E-state index in [9.17, 15) is 0 Å². The van der Waals surface area contributed by atoms with Gasteiger partial charge in [-0.2, -0.15) is 0 Å². The van der Waals surface area contributed by atoms with E-state index in [1.807, 2.05) is 42.4 Å². The summed E-state index contributed by atoms with van der Waals surface area (Å²) in [4.78, 5) is 7.43. The van der Waals surface area contributed by atoms with Gasteiger partial charge in [-0.25, -0.2) is 0 Å². The Hall–Kier alpha value is -1.32. The molecular weight excluding hydrogens is 264 g/mol. The smallest absolute Gasteiger partial charge is 0.0271 e. The van der Waals surface area contributed by atoms with Crippen molar-refractivity contribution in [2.75, 3.05) is 14.1 Å². The molecule has 2 rings (SSSR count). The molecule has 20 heavy (non-hydrogen) atoms. The van der Waals surface area contributed by atoms with E-state index in [4.69, 9.17) is 0 Å². The Balaban J connectivity index is 0.000000200. The third kappa shape index (κ3) is 7.97. The fourth-order valence-electron chi connectivity index (χ4n) is 1.62. The Labute approximate surface area is 127 Å². The van der Waals surface area contributed by atoms with E-state index in [0.29, 0.717) is 5.25 Å². The number of thioether (sulfide) groups is 1. The van der Waals surface area contributed by atoms with Gasteiger partial charge in [0.15, 0.2) is 0 Å². The van der Waals surface area contributed by atoms with Crippen LogP contribution in [0, 0.1) is 0 Å². The largest absolute Gasteiger partial charge is 0.305 e. The SMILES string of the molecule is CC(C)Sc1ccccc1.CN(C)Cc1ccncc1. The first kappa shape index (κ1) is 16.7. The molecule has 3 heteroatoms. The van der Waals surface area contributed by atoms with Crippen LogP contribution >= 0.6 is 11.8 Å². The summed E-state index contributed by atoms with van der Waals surface area (Å²) >= 11 is 1.90. The number of aromatic nitrogens is 1. The van der Waals surface area contributed by atoms with Gasteiger partial charge in [0.1, 0.15) is 0 Å². The van der Waals surface area contributed by atoms with Crippen molar-refractivity contribution in [1.82, 2.24) is 9.88 Å². The predicted molar refractivity (Wildman–Crippen MR) is 89.1 cm³/mol. The first-order valence-corrected chi connectivity index (χ1v) is 7.71. The molecule has 0 fully saturated rings. The second-order valence-electron chi connectivity index (χ2n) is 5.07. The fraction of sp³-hybridized carbons (Fsp3) is 0.353. The van der Waals surface area contributed by atoms with Gasteiger partial charge in [-0.05, 0) is 43.9 Å². The molecule has 0 N–H and O–H groups in total. The zero-order valence-corrected chi connectivity index (χ0v) is 13.6. The third-order valence-electron chi connectivity index (χ3n) is 2.36. The molecule has 0 radical (unpaired) electrons. The van der Waals surface area contributed by atoms with Gasteiger partial charge in [-0.15, -0.1) is 11.8 Å². The molecule has 108 valence electrons. The summed E-state index contributed by atoms with van der Waals surface area (Å²) in [6.45, 7) is 5.40. The second-order valence-corrected chi connectivity index (χ2v) is 6.72. The molecule has 1 heterocycles. The average Bonchev–Trinajstić information content (AvgIpc) is 2.40. The third-order valence-corrected chi connectivity index (χ3v) is 3.38. The summed E-state index contributed by atoms with van der Waals surface area (Å²) in [6, 6.07) is 14.5. The summed E-state index contributed by atoms with van der Waals surface area (Å²) in [5.41, 5.74) is 1.31. The maximum absolute atomic E-state index is 3.93. The highest BCUT2D eigenvalue weighted by Crippen LogP contribution is 2.21. The number of pyridine rings is 1. The number of hydrogen-bond donors (Lipinski definition) is 0. The molecule has 0 aliphatic carbocycles. The van der Waals surface area contributed by atoms with Crippen LogP contribution in [0.3, 0.4) is 0 Å². The predicted octanol–water partition coefficient (Wildman–Crippen LogP) is 4.33. The molecule has 0 saturated carbocycles.